The Kier molecular flexibility index (Phi) is 3.81. The van der Waals surface area contributed by atoms with E-state index in [1.807, 2.05) is 0 Å². The van der Waals surface area contributed by atoms with E-state index >= 15 is 0 Å². The van der Waals surface area contributed by atoms with Crippen molar-refractivity contribution in [2.75, 3.05) is 0 Å². The number of aromatic nitrogens is 3. The topological polar surface area (TPSA) is 47.8 Å². The Morgan fingerprint density at radius 2 is 2.13 bits per heavy atom. The van der Waals surface area contributed by atoms with Gasteiger partial charge in [0.15, 0.2) is 0 Å². The molecule has 0 fully saturated rings. The minimum Gasteiger partial charge on any atom is -0.293 e. The van der Waals surface area contributed by atoms with E-state index in [-0.39, 0.29) is 5.56 Å². The Labute approximate surface area is 142 Å². The highest BCUT2D eigenvalue weighted by Crippen LogP contribution is 2.33. The van der Waals surface area contributed by atoms with E-state index in [0.717, 1.165) is 33.8 Å². The van der Waals surface area contributed by atoms with Crippen LogP contribution < -0.4 is 5.56 Å². The molecule has 3 heterocycles. The number of fused-ring (bicyclic) bond motifs is 3. The van der Waals surface area contributed by atoms with Crippen LogP contribution in [0.5, 0.6) is 0 Å². The maximum atomic E-state index is 12.9. The van der Waals surface area contributed by atoms with E-state index in [1.165, 1.54) is 23.3 Å². The zero-order valence-electron chi connectivity index (χ0n) is 13.3. The molecule has 0 atom stereocenters. The molecule has 4 nitrogen and oxygen atoms in total. The number of aryl methyl sites for hydroxylation is 2. The van der Waals surface area contributed by atoms with E-state index < -0.39 is 0 Å². The summed E-state index contributed by atoms with van der Waals surface area (Å²) in [5, 5.41) is 4.02. The van der Waals surface area contributed by atoms with Gasteiger partial charge in [-0.3, -0.25) is 9.36 Å². The summed E-state index contributed by atoms with van der Waals surface area (Å²) in [5.41, 5.74) is 2.30. The second-order valence-corrected chi connectivity index (χ2v) is 8.37. The van der Waals surface area contributed by atoms with E-state index in [9.17, 15) is 4.79 Å². The van der Waals surface area contributed by atoms with Gasteiger partial charge in [-0.1, -0.05) is 13.8 Å². The van der Waals surface area contributed by atoms with Crippen LogP contribution in [0.25, 0.3) is 10.2 Å². The Bertz CT molecular complexity index is 920. The molecule has 1 aliphatic carbocycles. The monoisotopic (exact) mass is 345 g/mol. The van der Waals surface area contributed by atoms with Crippen LogP contribution in [0.2, 0.25) is 0 Å². The predicted molar refractivity (Wildman–Crippen MR) is 95.8 cm³/mol. The minimum atomic E-state index is 0.0912. The molecule has 0 aliphatic heterocycles. The first-order valence-electron chi connectivity index (χ1n) is 8.07. The average molecular weight is 345 g/mol. The Morgan fingerprint density at radius 1 is 1.30 bits per heavy atom. The standard InChI is InChI=1S/C17H19N3OS2/c1-10(2)15-19-11(8-22-15)7-20-9-18-16-14(17(20)21)12-5-3-4-6-13(12)23-16/h8-10H,3-7H2,1-2H3. The van der Waals surface area contributed by atoms with E-state index in [0.29, 0.717) is 12.5 Å². The van der Waals surface area contributed by atoms with Gasteiger partial charge in [0, 0.05) is 16.2 Å². The fourth-order valence-electron chi connectivity index (χ4n) is 3.13. The molecule has 0 spiro atoms. The Balaban J connectivity index is 1.75. The lowest BCUT2D eigenvalue weighted by atomic mass is 9.97. The van der Waals surface area contributed by atoms with Crippen LogP contribution >= 0.6 is 22.7 Å². The van der Waals surface area contributed by atoms with Gasteiger partial charge in [0.2, 0.25) is 0 Å². The number of hydrogen-bond donors (Lipinski definition) is 0. The van der Waals surface area contributed by atoms with E-state index in [2.05, 4.69) is 29.2 Å². The van der Waals surface area contributed by atoms with Crippen LogP contribution in [0, 0.1) is 0 Å². The summed E-state index contributed by atoms with van der Waals surface area (Å²) >= 11 is 3.36. The molecule has 23 heavy (non-hydrogen) atoms. The van der Waals surface area contributed by atoms with Crippen molar-refractivity contribution in [2.45, 2.75) is 52.0 Å². The molecule has 0 aromatic carbocycles. The summed E-state index contributed by atoms with van der Waals surface area (Å²) in [6.07, 6.45) is 6.20. The third-order valence-electron chi connectivity index (χ3n) is 4.34. The molecule has 0 amide bonds. The molecule has 4 rings (SSSR count). The summed E-state index contributed by atoms with van der Waals surface area (Å²) in [4.78, 5) is 24.4. The fraction of sp³-hybridized carbons (Fsp3) is 0.471. The molecule has 3 aromatic heterocycles. The Morgan fingerprint density at radius 3 is 2.91 bits per heavy atom. The van der Waals surface area contributed by atoms with Crippen LogP contribution in [0.3, 0.4) is 0 Å². The quantitative estimate of drug-likeness (QED) is 0.722. The second kappa shape index (κ2) is 5.83. The third-order valence-corrected chi connectivity index (χ3v) is 6.73. The second-order valence-electron chi connectivity index (χ2n) is 6.40. The van der Waals surface area contributed by atoms with Crippen LogP contribution in [0.4, 0.5) is 0 Å². The van der Waals surface area contributed by atoms with Gasteiger partial charge in [-0.2, -0.15) is 0 Å². The van der Waals surface area contributed by atoms with E-state index in [4.69, 9.17) is 0 Å². The molecule has 0 saturated heterocycles. The van der Waals surface area contributed by atoms with Gasteiger partial charge >= 0.3 is 0 Å². The van der Waals surface area contributed by atoms with Crippen molar-refractivity contribution in [3.8, 4) is 0 Å². The smallest absolute Gasteiger partial charge is 0.262 e. The molecule has 1 aliphatic rings. The lowest BCUT2D eigenvalue weighted by Gasteiger charge is -2.10. The van der Waals surface area contributed by atoms with Gasteiger partial charge in [0.05, 0.1) is 29.0 Å². The molecule has 3 aromatic rings. The van der Waals surface area contributed by atoms with Gasteiger partial charge in [0.1, 0.15) is 4.83 Å². The van der Waals surface area contributed by atoms with Crippen molar-refractivity contribution < 1.29 is 0 Å². The van der Waals surface area contributed by atoms with Gasteiger partial charge in [-0.15, -0.1) is 22.7 Å². The molecular weight excluding hydrogens is 326 g/mol. The number of hydrogen-bond acceptors (Lipinski definition) is 5. The summed E-state index contributed by atoms with van der Waals surface area (Å²) in [5.74, 6) is 0.426. The molecular formula is C17H19N3OS2. The van der Waals surface area contributed by atoms with E-state index in [1.54, 1.807) is 33.6 Å². The average Bonchev–Trinajstić information content (AvgIpc) is 3.14. The maximum Gasteiger partial charge on any atom is 0.262 e. The summed E-state index contributed by atoms with van der Waals surface area (Å²) in [6, 6.07) is 0. The highest BCUT2D eigenvalue weighted by molar-refractivity contribution is 7.18. The fourth-order valence-corrected chi connectivity index (χ4v) is 5.17. The van der Waals surface area contributed by atoms with Crippen molar-refractivity contribution in [2.24, 2.45) is 0 Å². The molecule has 0 saturated carbocycles. The normalized spacial score (nSPS) is 14.6. The molecule has 0 N–H and O–H groups in total. The first kappa shape index (κ1) is 15.0. The zero-order chi connectivity index (χ0) is 16.0. The molecule has 0 radical (unpaired) electrons. The van der Waals surface area contributed by atoms with Crippen molar-refractivity contribution >= 4 is 32.9 Å². The summed E-state index contributed by atoms with van der Waals surface area (Å²) < 4.78 is 1.71. The van der Waals surface area contributed by atoms with Gasteiger partial charge < -0.3 is 0 Å². The van der Waals surface area contributed by atoms with Crippen LogP contribution in [0.1, 0.15) is 53.7 Å². The lowest BCUT2D eigenvalue weighted by molar-refractivity contribution is 0.696. The summed E-state index contributed by atoms with van der Waals surface area (Å²) in [7, 11) is 0. The molecule has 0 bridgehead atoms. The summed E-state index contributed by atoms with van der Waals surface area (Å²) in [6.45, 7) is 4.79. The largest absolute Gasteiger partial charge is 0.293 e. The van der Waals surface area contributed by atoms with Gasteiger partial charge in [0.25, 0.3) is 5.56 Å². The van der Waals surface area contributed by atoms with Gasteiger partial charge in [-0.05, 0) is 31.2 Å². The highest BCUT2D eigenvalue weighted by Gasteiger charge is 2.20. The van der Waals surface area contributed by atoms with Crippen LogP contribution in [-0.2, 0) is 19.4 Å². The third kappa shape index (κ3) is 2.64. The van der Waals surface area contributed by atoms with Crippen molar-refractivity contribution in [3.05, 3.63) is 43.2 Å². The Hall–Kier alpha value is -1.53. The minimum absolute atomic E-state index is 0.0912. The van der Waals surface area contributed by atoms with Crippen molar-refractivity contribution in [3.63, 3.8) is 0 Å². The van der Waals surface area contributed by atoms with Crippen molar-refractivity contribution in [1.29, 1.82) is 0 Å². The van der Waals surface area contributed by atoms with Crippen LogP contribution in [-0.4, -0.2) is 14.5 Å². The predicted octanol–water partition coefficient (Wildman–Crippen LogP) is 3.97. The first-order valence-corrected chi connectivity index (χ1v) is 9.77. The highest BCUT2D eigenvalue weighted by atomic mass is 32.1. The van der Waals surface area contributed by atoms with Crippen molar-refractivity contribution in [1.82, 2.24) is 14.5 Å². The zero-order valence-corrected chi connectivity index (χ0v) is 15.0. The number of rotatable bonds is 3. The first-order chi connectivity index (χ1) is 11.1. The number of thiophene rings is 1. The molecule has 120 valence electrons. The lowest BCUT2D eigenvalue weighted by Crippen LogP contribution is -2.21. The number of thiazole rings is 1. The van der Waals surface area contributed by atoms with Crippen LogP contribution in [0.15, 0.2) is 16.5 Å². The SMILES string of the molecule is CC(C)c1nc(Cn2cnc3sc4c(c3c2=O)CCCC4)cs1. The maximum absolute atomic E-state index is 12.9. The molecule has 0 unspecified atom stereocenters. The van der Waals surface area contributed by atoms with Gasteiger partial charge in [-0.25, -0.2) is 9.97 Å². The molecule has 6 heteroatoms. The number of nitrogens with zero attached hydrogens (tertiary/aromatic N) is 3.